The summed E-state index contributed by atoms with van der Waals surface area (Å²) in [5.74, 6) is 0.615. The van der Waals surface area contributed by atoms with E-state index in [9.17, 15) is 4.79 Å². The predicted molar refractivity (Wildman–Crippen MR) is 88.2 cm³/mol. The molecule has 1 aromatic carbocycles. The molecule has 2 aromatic rings. The van der Waals surface area contributed by atoms with Crippen molar-refractivity contribution in [2.75, 3.05) is 5.75 Å². The maximum absolute atomic E-state index is 12.2. The van der Waals surface area contributed by atoms with Crippen LogP contribution in [-0.4, -0.2) is 21.3 Å². The summed E-state index contributed by atoms with van der Waals surface area (Å²) in [5, 5.41) is 4.97. The maximum atomic E-state index is 12.2. The van der Waals surface area contributed by atoms with E-state index in [1.807, 2.05) is 32.2 Å². The second kappa shape index (κ2) is 7.14. The van der Waals surface area contributed by atoms with Crippen molar-refractivity contribution >= 4 is 29.1 Å². The number of halogens is 1. The van der Waals surface area contributed by atoms with Crippen LogP contribution in [0.15, 0.2) is 29.2 Å². The Balaban J connectivity index is 2.00. The zero-order valence-electron chi connectivity index (χ0n) is 12.5. The summed E-state index contributed by atoms with van der Waals surface area (Å²) in [4.78, 5) is 13.3. The third-order valence-corrected chi connectivity index (χ3v) is 5.02. The zero-order chi connectivity index (χ0) is 15.4. The monoisotopic (exact) mass is 322 g/mol. The number of thioether (sulfide) groups is 1. The van der Waals surface area contributed by atoms with Crippen molar-refractivity contribution in [3.05, 3.63) is 46.2 Å². The number of carbonyl (C=O) groups is 1. The average molecular weight is 323 g/mol. The average Bonchev–Trinajstić information content (AvgIpc) is 2.74. The molecule has 0 bridgehead atoms. The van der Waals surface area contributed by atoms with E-state index in [1.165, 1.54) is 5.56 Å². The minimum Gasteiger partial charge on any atom is -0.298 e. The number of ketones is 1. The van der Waals surface area contributed by atoms with Gasteiger partial charge in [0.15, 0.2) is 0 Å². The molecule has 0 unspecified atom stereocenters. The first kappa shape index (κ1) is 16.1. The van der Waals surface area contributed by atoms with Gasteiger partial charge in [-0.15, -0.1) is 11.8 Å². The summed E-state index contributed by atoms with van der Waals surface area (Å²) >= 11 is 7.85. The summed E-state index contributed by atoms with van der Waals surface area (Å²) < 4.78 is 1.72. The van der Waals surface area contributed by atoms with E-state index in [4.69, 9.17) is 11.6 Å². The van der Waals surface area contributed by atoms with Gasteiger partial charge in [-0.25, -0.2) is 0 Å². The van der Waals surface area contributed by atoms with Crippen LogP contribution in [0, 0.1) is 6.92 Å². The van der Waals surface area contributed by atoms with Crippen molar-refractivity contribution in [2.24, 2.45) is 7.05 Å². The highest BCUT2D eigenvalue weighted by atomic mass is 35.5. The van der Waals surface area contributed by atoms with Crippen molar-refractivity contribution in [3.8, 4) is 0 Å². The standard InChI is InChI=1S/C16H19ClN2OS/c1-4-13-16(17)14(19(3)18-13)9-12(20)10-21-15-8-6-5-7-11(15)2/h5-8H,4,9-10H2,1-3H3. The molecule has 0 aliphatic rings. The van der Waals surface area contributed by atoms with Crippen LogP contribution in [0.25, 0.3) is 0 Å². The van der Waals surface area contributed by atoms with Crippen LogP contribution in [0.5, 0.6) is 0 Å². The van der Waals surface area contributed by atoms with Crippen LogP contribution in [0.3, 0.4) is 0 Å². The van der Waals surface area contributed by atoms with Gasteiger partial charge in [-0.2, -0.15) is 5.10 Å². The summed E-state index contributed by atoms with van der Waals surface area (Å²) in [6.07, 6.45) is 1.11. The highest BCUT2D eigenvalue weighted by Crippen LogP contribution is 2.24. The fourth-order valence-electron chi connectivity index (χ4n) is 2.13. The van der Waals surface area contributed by atoms with Gasteiger partial charge in [-0.05, 0) is 25.0 Å². The first-order valence-corrected chi connectivity index (χ1v) is 8.29. The zero-order valence-corrected chi connectivity index (χ0v) is 14.1. The van der Waals surface area contributed by atoms with Crippen LogP contribution in [0.4, 0.5) is 0 Å². The molecule has 1 heterocycles. The molecule has 2 rings (SSSR count). The van der Waals surface area contributed by atoms with Gasteiger partial charge < -0.3 is 0 Å². The molecule has 5 heteroatoms. The number of benzene rings is 1. The topological polar surface area (TPSA) is 34.9 Å². The van der Waals surface area contributed by atoms with E-state index in [0.29, 0.717) is 17.2 Å². The van der Waals surface area contributed by atoms with Gasteiger partial charge in [-0.1, -0.05) is 36.7 Å². The minimum atomic E-state index is 0.163. The van der Waals surface area contributed by atoms with E-state index < -0.39 is 0 Å². The Labute approximate surface area is 134 Å². The molecule has 0 radical (unpaired) electrons. The first-order chi connectivity index (χ1) is 10.0. The number of rotatable bonds is 6. The fraction of sp³-hybridized carbons (Fsp3) is 0.375. The molecule has 0 amide bonds. The Morgan fingerprint density at radius 3 is 2.71 bits per heavy atom. The smallest absolute Gasteiger partial charge is 0.149 e. The van der Waals surface area contributed by atoms with Gasteiger partial charge >= 0.3 is 0 Å². The van der Waals surface area contributed by atoms with Crippen molar-refractivity contribution in [1.29, 1.82) is 0 Å². The highest BCUT2D eigenvalue weighted by molar-refractivity contribution is 8.00. The van der Waals surface area contributed by atoms with Gasteiger partial charge in [-0.3, -0.25) is 9.48 Å². The molecule has 0 fully saturated rings. The van der Waals surface area contributed by atoms with Crippen molar-refractivity contribution in [1.82, 2.24) is 9.78 Å². The largest absolute Gasteiger partial charge is 0.298 e. The lowest BCUT2D eigenvalue weighted by Crippen LogP contribution is -2.10. The molecule has 0 aliphatic carbocycles. The van der Waals surface area contributed by atoms with Crippen LogP contribution in [0.2, 0.25) is 5.02 Å². The lowest BCUT2D eigenvalue weighted by atomic mass is 10.2. The first-order valence-electron chi connectivity index (χ1n) is 6.93. The highest BCUT2D eigenvalue weighted by Gasteiger charge is 2.16. The lowest BCUT2D eigenvalue weighted by molar-refractivity contribution is -0.116. The van der Waals surface area contributed by atoms with Crippen LogP contribution >= 0.6 is 23.4 Å². The molecule has 0 atom stereocenters. The van der Waals surface area contributed by atoms with Gasteiger partial charge in [0.25, 0.3) is 0 Å². The molecule has 0 saturated carbocycles. The van der Waals surface area contributed by atoms with Crippen LogP contribution in [0.1, 0.15) is 23.9 Å². The van der Waals surface area contributed by atoms with E-state index >= 15 is 0 Å². The van der Waals surface area contributed by atoms with Gasteiger partial charge in [0.2, 0.25) is 0 Å². The molecule has 0 aliphatic heterocycles. The van der Waals surface area contributed by atoms with Gasteiger partial charge in [0.05, 0.1) is 28.6 Å². The van der Waals surface area contributed by atoms with Gasteiger partial charge in [0, 0.05) is 11.9 Å². The SMILES string of the molecule is CCc1nn(C)c(CC(=O)CSc2ccccc2C)c1Cl. The Bertz CT molecular complexity index is 652. The molecule has 0 spiro atoms. The Morgan fingerprint density at radius 1 is 1.38 bits per heavy atom. The number of carbonyl (C=O) groups excluding carboxylic acids is 1. The number of Topliss-reactive ketones (excluding diaryl/α,β-unsaturated/α-hetero) is 1. The number of hydrogen-bond donors (Lipinski definition) is 0. The molecule has 0 saturated heterocycles. The van der Waals surface area contributed by atoms with E-state index in [2.05, 4.69) is 18.1 Å². The predicted octanol–water partition coefficient (Wildman–Crippen LogP) is 3.85. The van der Waals surface area contributed by atoms with E-state index in [1.54, 1.807) is 16.4 Å². The Morgan fingerprint density at radius 2 is 2.10 bits per heavy atom. The minimum absolute atomic E-state index is 0.163. The fourth-order valence-corrected chi connectivity index (χ4v) is 3.38. The third-order valence-electron chi connectivity index (χ3n) is 3.35. The van der Waals surface area contributed by atoms with Crippen LogP contribution < -0.4 is 0 Å². The van der Waals surface area contributed by atoms with E-state index in [-0.39, 0.29) is 5.78 Å². The molecular weight excluding hydrogens is 304 g/mol. The Kier molecular flexibility index (Phi) is 5.48. The number of aromatic nitrogens is 2. The van der Waals surface area contributed by atoms with Crippen LogP contribution in [-0.2, 0) is 24.7 Å². The Hall–Kier alpha value is -1.26. The lowest BCUT2D eigenvalue weighted by Gasteiger charge is -2.05. The van der Waals surface area contributed by atoms with Crippen molar-refractivity contribution in [2.45, 2.75) is 31.6 Å². The molecule has 0 N–H and O–H groups in total. The second-order valence-corrected chi connectivity index (χ2v) is 6.35. The van der Waals surface area contributed by atoms with Gasteiger partial charge in [0.1, 0.15) is 5.78 Å². The quantitative estimate of drug-likeness (QED) is 0.758. The molecule has 112 valence electrons. The van der Waals surface area contributed by atoms with E-state index in [0.717, 1.165) is 22.7 Å². The summed E-state index contributed by atoms with van der Waals surface area (Å²) in [6, 6.07) is 8.09. The summed E-state index contributed by atoms with van der Waals surface area (Å²) in [6.45, 7) is 4.06. The third kappa shape index (κ3) is 3.89. The summed E-state index contributed by atoms with van der Waals surface area (Å²) in [7, 11) is 1.84. The summed E-state index contributed by atoms with van der Waals surface area (Å²) in [5.41, 5.74) is 2.86. The normalized spacial score (nSPS) is 10.9. The number of hydrogen-bond acceptors (Lipinski definition) is 3. The molecule has 21 heavy (non-hydrogen) atoms. The molecular formula is C16H19ClN2OS. The molecule has 1 aromatic heterocycles. The molecule has 3 nitrogen and oxygen atoms in total. The van der Waals surface area contributed by atoms with Crippen molar-refractivity contribution in [3.63, 3.8) is 0 Å². The second-order valence-electron chi connectivity index (χ2n) is 4.95. The number of nitrogens with zero attached hydrogens (tertiary/aromatic N) is 2. The maximum Gasteiger partial charge on any atom is 0.149 e. The number of aryl methyl sites for hydroxylation is 3. The van der Waals surface area contributed by atoms with Crippen molar-refractivity contribution < 1.29 is 4.79 Å².